The molecular weight excluding hydrogens is 288 g/mol. The Morgan fingerprint density at radius 1 is 1.71 bits per heavy atom. The number of aromatic nitrogens is 1. The third-order valence-electron chi connectivity index (χ3n) is 2.51. The number of nitrogens with zero attached hydrogens (tertiary/aromatic N) is 1. The molecule has 1 aromatic rings. The number of hydrogen-bond acceptors (Lipinski definition) is 4. The molecule has 0 saturated heterocycles. The highest BCUT2D eigenvalue weighted by atomic mass is 79.9. The van der Waals surface area contributed by atoms with Gasteiger partial charge in [0.25, 0.3) is 5.91 Å². The Kier molecular flexibility index (Phi) is 4.70. The van der Waals surface area contributed by atoms with E-state index >= 15 is 0 Å². The minimum atomic E-state index is -0.364. The van der Waals surface area contributed by atoms with E-state index in [1.54, 1.807) is 13.2 Å². The third-order valence-corrected chi connectivity index (χ3v) is 3.65. The van der Waals surface area contributed by atoms with Crippen molar-refractivity contribution >= 4 is 21.8 Å². The van der Waals surface area contributed by atoms with Crippen LogP contribution in [0.15, 0.2) is 10.6 Å². The highest BCUT2D eigenvalue weighted by molar-refractivity contribution is 9.09. The molecule has 5 nitrogen and oxygen atoms in total. The second kappa shape index (κ2) is 5.64. The number of hydrogen-bond donors (Lipinski definition) is 1. The van der Waals surface area contributed by atoms with Gasteiger partial charge in [0.2, 0.25) is 0 Å². The molecule has 0 radical (unpaired) electrons. The average Bonchev–Trinajstić information content (AvgIpc) is 2.66. The lowest BCUT2D eigenvalue weighted by atomic mass is 10.0. The molecule has 0 spiro atoms. The molecule has 1 N–H and O–H groups in total. The van der Waals surface area contributed by atoms with Crippen molar-refractivity contribution in [3.8, 4) is 0 Å². The van der Waals surface area contributed by atoms with Crippen LogP contribution in [0.1, 0.15) is 37.0 Å². The van der Waals surface area contributed by atoms with E-state index < -0.39 is 0 Å². The number of ether oxygens (including phenoxy) is 1. The first-order valence-corrected chi connectivity index (χ1v) is 6.19. The van der Waals surface area contributed by atoms with Crippen molar-refractivity contribution in [2.24, 2.45) is 0 Å². The van der Waals surface area contributed by atoms with Gasteiger partial charge in [-0.25, -0.2) is 0 Å². The first-order chi connectivity index (χ1) is 7.86. The van der Waals surface area contributed by atoms with Crippen LogP contribution in [0, 0.1) is 0 Å². The molecule has 1 rings (SSSR count). The standard InChI is InChI=1S/C11H17BrN2O3/c1-7(12)11(2,3)13-10(15)9-5-8(6-16-4)17-14-9/h5,7H,6H2,1-4H3,(H,13,15). The van der Waals surface area contributed by atoms with Gasteiger partial charge in [0, 0.05) is 23.5 Å². The average molecular weight is 305 g/mol. The summed E-state index contributed by atoms with van der Waals surface area (Å²) in [7, 11) is 1.55. The molecule has 1 amide bonds. The van der Waals surface area contributed by atoms with Crippen molar-refractivity contribution < 1.29 is 14.1 Å². The molecule has 1 atom stereocenters. The first-order valence-electron chi connectivity index (χ1n) is 5.28. The fourth-order valence-corrected chi connectivity index (χ4v) is 1.20. The van der Waals surface area contributed by atoms with Gasteiger partial charge in [0.15, 0.2) is 11.5 Å². The lowest BCUT2D eigenvalue weighted by Gasteiger charge is -2.28. The maximum absolute atomic E-state index is 11.9. The highest BCUT2D eigenvalue weighted by Crippen LogP contribution is 2.17. The summed E-state index contributed by atoms with van der Waals surface area (Å²) in [4.78, 5) is 12.0. The van der Waals surface area contributed by atoms with Crippen LogP contribution in [0.4, 0.5) is 0 Å². The Balaban J connectivity index is 2.69. The zero-order chi connectivity index (χ0) is 13.1. The molecule has 1 aromatic heterocycles. The van der Waals surface area contributed by atoms with Gasteiger partial charge >= 0.3 is 0 Å². The summed E-state index contributed by atoms with van der Waals surface area (Å²) in [6.07, 6.45) is 0. The van der Waals surface area contributed by atoms with E-state index in [0.29, 0.717) is 12.4 Å². The van der Waals surface area contributed by atoms with Crippen LogP contribution in [-0.4, -0.2) is 28.5 Å². The van der Waals surface area contributed by atoms with Crippen molar-refractivity contribution in [1.82, 2.24) is 10.5 Å². The Bertz CT molecular complexity index is 388. The van der Waals surface area contributed by atoms with Gasteiger partial charge in [-0.3, -0.25) is 4.79 Å². The van der Waals surface area contributed by atoms with Crippen LogP contribution in [0.25, 0.3) is 0 Å². The maximum atomic E-state index is 11.9. The molecule has 1 unspecified atom stereocenters. The number of amides is 1. The molecule has 6 heteroatoms. The Hall–Kier alpha value is -0.880. The molecule has 1 heterocycles. The van der Waals surface area contributed by atoms with E-state index in [-0.39, 0.29) is 22.0 Å². The van der Waals surface area contributed by atoms with Crippen LogP contribution in [0.5, 0.6) is 0 Å². The lowest BCUT2D eigenvalue weighted by Crippen LogP contribution is -2.48. The summed E-state index contributed by atoms with van der Waals surface area (Å²) in [5.41, 5.74) is -0.101. The van der Waals surface area contributed by atoms with Crippen LogP contribution in [0.2, 0.25) is 0 Å². The van der Waals surface area contributed by atoms with E-state index in [4.69, 9.17) is 9.26 Å². The van der Waals surface area contributed by atoms with Crippen molar-refractivity contribution in [2.75, 3.05) is 7.11 Å². The molecule has 0 aromatic carbocycles. The first kappa shape index (κ1) is 14.2. The maximum Gasteiger partial charge on any atom is 0.273 e. The molecule has 0 aliphatic rings. The molecular formula is C11H17BrN2O3. The molecule has 0 fully saturated rings. The highest BCUT2D eigenvalue weighted by Gasteiger charge is 2.27. The molecule has 17 heavy (non-hydrogen) atoms. The monoisotopic (exact) mass is 304 g/mol. The summed E-state index contributed by atoms with van der Waals surface area (Å²) in [6.45, 7) is 6.14. The smallest absolute Gasteiger partial charge is 0.273 e. The van der Waals surface area contributed by atoms with Crippen LogP contribution in [0.3, 0.4) is 0 Å². The van der Waals surface area contributed by atoms with Gasteiger partial charge in [0.1, 0.15) is 6.61 Å². The summed E-state index contributed by atoms with van der Waals surface area (Å²) in [6, 6.07) is 1.58. The Morgan fingerprint density at radius 3 is 2.88 bits per heavy atom. The number of alkyl halides is 1. The fourth-order valence-electron chi connectivity index (χ4n) is 1.09. The number of rotatable bonds is 5. The predicted molar refractivity (Wildman–Crippen MR) is 67.2 cm³/mol. The predicted octanol–water partition coefficient (Wildman–Crippen LogP) is 2.11. The minimum Gasteiger partial charge on any atom is -0.377 e. The van der Waals surface area contributed by atoms with Gasteiger partial charge in [0.05, 0.1) is 0 Å². The molecule has 96 valence electrons. The number of nitrogens with one attached hydrogen (secondary N) is 1. The van der Waals surface area contributed by atoms with Crippen LogP contribution < -0.4 is 5.32 Å². The molecule has 0 aliphatic carbocycles. The van der Waals surface area contributed by atoms with E-state index in [0.717, 1.165) is 0 Å². The zero-order valence-corrected chi connectivity index (χ0v) is 12.0. The second-order valence-corrected chi connectivity index (χ2v) is 5.78. The normalized spacial score (nSPS) is 13.5. The van der Waals surface area contributed by atoms with Crippen molar-refractivity contribution in [1.29, 1.82) is 0 Å². The number of methoxy groups -OCH3 is 1. The quantitative estimate of drug-likeness (QED) is 0.846. The van der Waals surface area contributed by atoms with Crippen molar-refractivity contribution in [3.63, 3.8) is 0 Å². The topological polar surface area (TPSA) is 64.4 Å². The van der Waals surface area contributed by atoms with Gasteiger partial charge in [-0.1, -0.05) is 28.0 Å². The number of carbonyl (C=O) groups excluding carboxylic acids is 1. The number of carbonyl (C=O) groups is 1. The molecule has 0 bridgehead atoms. The summed E-state index contributed by atoms with van der Waals surface area (Å²) >= 11 is 3.45. The van der Waals surface area contributed by atoms with Crippen molar-refractivity contribution in [3.05, 3.63) is 17.5 Å². The van der Waals surface area contributed by atoms with Gasteiger partial charge < -0.3 is 14.6 Å². The zero-order valence-electron chi connectivity index (χ0n) is 10.4. The SMILES string of the molecule is COCc1cc(C(=O)NC(C)(C)C(C)Br)no1. The van der Waals surface area contributed by atoms with E-state index in [9.17, 15) is 4.79 Å². The minimum absolute atomic E-state index is 0.143. The summed E-state index contributed by atoms with van der Waals surface area (Å²) < 4.78 is 9.84. The van der Waals surface area contributed by atoms with E-state index in [2.05, 4.69) is 26.4 Å². The molecule has 0 saturated carbocycles. The van der Waals surface area contributed by atoms with Gasteiger partial charge in [-0.15, -0.1) is 0 Å². The van der Waals surface area contributed by atoms with Gasteiger partial charge in [-0.05, 0) is 13.8 Å². The van der Waals surface area contributed by atoms with Crippen LogP contribution in [-0.2, 0) is 11.3 Å². The Morgan fingerprint density at radius 2 is 2.35 bits per heavy atom. The van der Waals surface area contributed by atoms with Gasteiger partial charge in [-0.2, -0.15) is 0 Å². The second-order valence-electron chi connectivity index (χ2n) is 4.40. The van der Waals surface area contributed by atoms with Crippen molar-refractivity contribution in [2.45, 2.75) is 37.7 Å². The lowest BCUT2D eigenvalue weighted by molar-refractivity contribution is 0.0904. The summed E-state index contributed by atoms with van der Waals surface area (Å²) in [5, 5.41) is 6.57. The van der Waals surface area contributed by atoms with Crippen LogP contribution >= 0.6 is 15.9 Å². The van der Waals surface area contributed by atoms with E-state index in [1.807, 2.05) is 20.8 Å². The molecule has 0 aliphatic heterocycles. The number of halogens is 1. The Labute approximate surface area is 109 Å². The van der Waals surface area contributed by atoms with E-state index in [1.165, 1.54) is 0 Å². The fraction of sp³-hybridized carbons (Fsp3) is 0.636. The summed E-state index contributed by atoms with van der Waals surface area (Å²) in [5.74, 6) is 0.273. The largest absolute Gasteiger partial charge is 0.377 e. The third kappa shape index (κ3) is 3.81.